The topological polar surface area (TPSA) is 50.8 Å². The van der Waals surface area contributed by atoms with Crippen LogP contribution in [-0.2, 0) is 17.8 Å². The third kappa shape index (κ3) is 3.44. The number of amides is 1. The molecule has 0 spiro atoms. The number of nitrogens with zero attached hydrogens (tertiary/aromatic N) is 1. The molecule has 2 aromatic rings. The monoisotopic (exact) mass is 366 g/mol. The van der Waals surface area contributed by atoms with E-state index in [1.54, 1.807) is 37.7 Å². The van der Waals surface area contributed by atoms with E-state index in [1.165, 1.54) is 10.4 Å². The van der Waals surface area contributed by atoms with E-state index in [9.17, 15) is 4.79 Å². The fraction of sp³-hybridized carbons (Fsp3) is 0.353. The van der Waals surface area contributed by atoms with Crippen LogP contribution < -0.4 is 14.8 Å². The van der Waals surface area contributed by atoms with E-state index in [2.05, 4.69) is 16.8 Å². The van der Waals surface area contributed by atoms with Crippen LogP contribution in [-0.4, -0.2) is 38.1 Å². The van der Waals surface area contributed by atoms with Gasteiger partial charge in [0.15, 0.2) is 11.5 Å². The lowest BCUT2D eigenvalue weighted by atomic mass is 10.1. The summed E-state index contributed by atoms with van der Waals surface area (Å²) in [5, 5.41) is 5.67. The van der Waals surface area contributed by atoms with Crippen LogP contribution in [0.5, 0.6) is 11.5 Å². The van der Waals surface area contributed by atoms with Gasteiger partial charge >= 0.3 is 0 Å². The lowest BCUT2D eigenvalue weighted by molar-refractivity contribution is -0.130. The number of rotatable bonds is 5. The van der Waals surface area contributed by atoms with Crippen LogP contribution in [0, 0.1) is 0 Å². The summed E-state index contributed by atoms with van der Waals surface area (Å²) in [6.07, 6.45) is 0.926. The summed E-state index contributed by atoms with van der Waals surface area (Å²) in [6.45, 7) is 1.63. The number of methoxy groups -OCH3 is 2. The van der Waals surface area contributed by atoms with Crippen molar-refractivity contribution in [2.24, 2.45) is 0 Å². The second kappa shape index (κ2) is 7.32. The summed E-state index contributed by atoms with van der Waals surface area (Å²) in [6, 6.07) is 5.51. The van der Waals surface area contributed by atoms with Gasteiger partial charge in [0.25, 0.3) is 0 Å². The number of ether oxygens (including phenoxy) is 2. The number of nitrogens with one attached hydrogen (secondary N) is 1. The van der Waals surface area contributed by atoms with Crippen LogP contribution in [0.2, 0.25) is 5.02 Å². The van der Waals surface area contributed by atoms with E-state index in [0.717, 1.165) is 13.0 Å². The Morgan fingerprint density at radius 2 is 2.08 bits per heavy atom. The normalized spacial score (nSPS) is 13.4. The van der Waals surface area contributed by atoms with Crippen LogP contribution >= 0.6 is 22.9 Å². The predicted octanol–water partition coefficient (Wildman–Crippen LogP) is 3.42. The van der Waals surface area contributed by atoms with Crippen LogP contribution in [0.3, 0.4) is 0 Å². The zero-order valence-electron chi connectivity index (χ0n) is 13.6. The first-order valence-corrected chi connectivity index (χ1v) is 8.86. The molecule has 0 aliphatic carbocycles. The second-order valence-corrected chi connectivity index (χ2v) is 6.88. The molecule has 0 atom stereocenters. The number of halogens is 1. The molecule has 128 valence electrons. The Kier molecular flexibility index (Phi) is 5.16. The molecule has 2 heterocycles. The summed E-state index contributed by atoms with van der Waals surface area (Å²) in [7, 11) is 3.12. The van der Waals surface area contributed by atoms with Crippen molar-refractivity contribution in [1.29, 1.82) is 0 Å². The third-order valence-corrected chi connectivity index (χ3v) is 5.40. The summed E-state index contributed by atoms with van der Waals surface area (Å²) >= 11 is 8.00. The van der Waals surface area contributed by atoms with Crippen molar-refractivity contribution in [1.82, 2.24) is 4.90 Å². The van der Waals surface area contributed by atoms with Gasteiger partial charge in [0, 0.05) is 30.1 Å². The van der Waals surface area contributed by atoms with Gasteiger partial charge < -0.3 is 19.7 Å². The highest BCUT2D eigenvalue weighted by molar-refractivity contribution is 7.10. The Morgan fingerprint density at radius 1 is 1.33 bits per heavy atom. The van der Waals surface area contributed by atoms with Crippen molar-refractivity contribution in [2.45, 2.75) is 13.0 Å². The smallest absolute Gasteiger partial charge is 0.242 e. The minimum absolute atomic E-state index is 0.0534. The van der Waals surface area contributed by atoms with E-state index < -0.39 is 0 Å². The van der Waals surface area contributed by atoms with E-state index >= 15 is 0 Å². The Hall–Kier alpha value is -1.92. The molecule has 1 aromatic heterocycles. The number of anilines is 1. The van der Waals surface area contributed by atoms with Gasteiger partial charge in [-0.3, -0.25) is 4.79 Å². The van der Waals surface area contributed by atoms with Crippen molar-refractivity contribution < 1.29 is 14.3 Å². The standard InChI is InChI=1S/C17H19ClN2O3S/c1-22-14-7-12(18)13(8-15(14)23-2)19-9-17(21)20-5-3-16-11(10-20)4-6-24-16/h4,6-8,19H,3,5,9-10H2,1-2H3. The molecule has 0 fully saturated rings. The largest absolute Gasteiger partial charge is 0.493 e. The molecule has 1 amide bonds. The fourth-order valence-electron chi connectivity index (χ4n) is 2.73. The average Bonchev–Trinajstić information content (AvgIpc) is 3.07. The highest BCUT2D eigenvalue weighted by Gasteiger charge is 2.21. The molecular formula is C17H19ClN2O3S. The number of benzene rings is 1. The number of hydrogen-bond acceptors (Lipinski definition) is 5. The fourth-order valence-corrected chi connectivity index (χ4v) is 3.84. The minimum atomic E-state index is 0.0534. The molecule has 3 rings (SSSR count). The highest BCUT2D eigenvalue weighted by atomic mass is 35.5. The molecular weight excluding hydrogens is 348 g/mol. The second-order valence-electron chi connectivity index (χ2n) is 5.47. The Balaban J connectivity index is 1.64. The SMILES string of the molecule is COc1cc(Cl)c(NCC(=O)N2CCc3sccc3C2)cc1OC. The maximum Gasteiger partial charge on any atom is 0.242 e. The Morgan fingerprint density at radius 3 is 2.83 bits per heavy atom. The molecule has 24 heavy (non-hydrogen) atoms. The summed E-state index contributed by atoms with van der Waals surface area (Å²) in [5.74, 6) is 1.18. The molecule has 0 saturated carbocycles. The lowest BCUT2D eigenvalue weighted by Crippen LogP contribution is -2.38. The molecule has 1 aromatic carbocycles. The van der Waals surface area contributed by atoms with E-state index in [1.807, 2.05) is 4.90 Å². The van der Waals surface area contributed by atoms with Gasteiger partial charge in [-0.25, -0.2) is 0 Å². The van der Waals surface area contributed by atoms with Crippen molar-refractivity contribution in [3.05, 3.63) is 39.0 Å². The predicted molar refractivity (Wildman–Crippen MR) is 96.5 cm³/mol. The third-order valence-electron chi connectivity index (χ3n) is 4.06. The van der Waals surface area contributed by atoms with Gasteiger partial charge in [-0.1, -0.05) is 11.6 Å². The molecule has 1 aliphatic rings. The van der Waals surface area contributed by atoms with Gasteiger partial charge in [-0.05, 0) is 23.4 Å². The summed E-state index contributed by atoms with van der Waals surface area (Å²) in [5.41, 5.74) is 1.90. The van der Waals surface area contributed by atoms with Crippen LogP contribution in [0.15, 0.2) is 23.6 Å². The molecule has 7 heteroatoms. The molecule has 0 radical (unpaired) electrons. The highest BCUT2D eigenvalue weighted by Crippen LogP contribution is 2.36. The van der Waals surface area contributed by atoms with Crippen molar-refractivity contribution >= 4 is 34.5 Å². The molecule has 5 nitrogen and oxygen atoms in total. The van der Waals surface area contributed by atoms with Gasteiger partial charge in [-0.2, -0.15) is 0 Å². The van der Waals surface area contributed by atoms with E-state index in [4.69, 9.17) is 21.1 Å². The van der Waals surface area contributed by atoms with E-state index in [-0.39, 0.29) is 12.5 Å². The number of hydrogen-bond donors (Lipinski definition) is 1. The Bertz CT molecular complexity index is 747. The van der Waals surface area contributed by atoms with Crippen LogP contribution in [0.25, 0.3) is 0 Å². The average molecular weight is 367 g/mol. The van der Waals surface area contributed by atoms with E-state index in [0.29, 0.717) is 28.8 Å². The van der Waals surface area contributed by atoms with Gasteiger partial charge in [0.05, 0.1) is 31.5 Å². The van der Waals surface area contributed by atoms with Gasteiger partial charge in [-0.15, -0.1) is 11.3 Å². The minimum Gasteiger partial charge on any atom is -0.493 e. The number of fused-ring (bicyclic) bond motifs is 1. The van der Waals surface area contributed by atoms with Crippen molar-refractivity contribution in [3.63, 3.8) is 0 Å². The molecule has 1 N–H and O–H groups in total. The first kappa shape index (κ1) is 16.9. The summed E-state index contributed by atoms with van der Waals surface area (Å²) < 4.78 is 10.5. The van der Waals surface area contributed by atoms with Gasteiger partial charge in [0.2, 0.25) is 5.91 Å². The van der Waals surface area contributed by atoms with Crippen LogP contribution in [0.1, 0.15) is 10.4 Å². The quantitative estimate of drug-likeness (QED) is 0.881. The molecule has 1 aliphatic heterocycles. The van der Waals surface area contributed by atoms with Gasteiger partial charge in [0.1, 0.15) is 0 Å². The van der Waals surface area contributed by atoms with Crippen molar-refractivity contribution in [3.8, 4) is 11.5 Å². The summed E-state index contributed by atoms with van der Waals surface area (Å²) in [4.78, 5) is 15.7. The molecule has 0 saturated heterocycles. The first-order valence-electron chi connectivity index (χ1n) is 7.60. The van der Waals surface area contributed by atoms with Crippen molar-refractivity contribution in [2.75, 3.05) is 32.6 Å². The number of carbonyl (C=O) groups is 1. The number of thiophene rings is 1. The first-order chi connectivity index (χ1) is 11.6. The Labute approximate surface area is 150 Å². The maximum atomic E-state index is 12.5. The molecule has 0 bridgehead atoms. The maximum absolute atomic E-state index is 12.5. The van der Waals surface area contributed by atoms with Crippen LogP contribution in [0.4, 0.5) is 5.69 Å². The zero-order valence-corrected chi connectivity index (χ0v) is 15.2. The zero-order chi connectivity index (χ0) is 17.1. The lowest BCUT2D eigenvalue weighted by Gasteiger charge is -2.27. The molecule has 0 unspecified atom stereocenters. The number of carbonyl (C=O) groups excluding carboxylic acids is 1.